The second-order valence-corrected chi connectivity index (χ2v) is 18.7. The van der Waals surface area contributed by atoms with Gasteiger partial charge in [-0.15, -0.1) is 0 Å². The van der Waals surface area contributed by atoms with Gasteiger partial charge in [0.05, 0.1) is 0 Å². The Kier molecular flexibility index (Phi) is 19.2. The van der Waals surface area contributed by atoms with Gasteiger partial charge in [-0.05, 0) is 21.4 Å². The van der Waals surface area contributed by atoms with Gasteiger partial charge in [0.2, 0.25) is 0 Å². The zero-order chi connectivity index (χ0) is 39.8. The van der Waals surface area contributed by atoms with Crippen molar-refractivity contribution in [3.8, 4) is 55.6 Å². The standard InChI is InChI=1S/C35H25.C13H18P.C4H7.ClH.Fe.Pd/c1-6-16-26(17-7-1)31-32(27-18-8-2-9-19-27)34(29-22-12-4-13-23-29)35(30-24-14-5-15-25-30)33(31)28-20-10-3-11-21-28;1-12(2,3)14(13(4,5)6)11-9-7-8-10-11;1-3-4-2;;;/h1-25H;1-6H3;1,3H,4H2,2H3;1H;;/q-1;-5;-1;;;+2/p-1. The van der Waals surface area contributed by atoms with Gasteiger partial charge in [0.1, 0.15) is 0 Å². The number of benzene rings is 5. The van der Waals surface area contributed by atoms with Crippen LogP contribution in [0.15, 0.2) is 158 Å². The van der Waals surface area contributed by atoms with E-state index in [1.54, 1.807) is 6.08 Å². The Bertz CT molecular complexity index is 1800. The molecular formula is C52H50ClFePPd-6. The number of halogens is 1. The van der Waals surface area contributed by atoms with Crippen LogP contribution in [0.1, 0.15) is 54.9 Å². The average molecular weight is 904 g/mol. The maximum atomic E-state index is 4.90. The van der Waals surface area contributed by atoms with Crippen LogP contribution in [0.2, 0.25) is 0 Å². The molecule has 0 atom stereocenters. The van der Waals surface area contributed by atoms with Gasteiger partial charge in [-0.2, -0.15) is 0 Å². The van der Waals surface area contributed by atoms with Crippen molar-refractivity contribution in [2.75, 3.05) is 0 Å². The predicted molar refractivity (Wildman–Crippen MR) is 238 cm³/mol. The van der Waals surface area contributed by atoms with Crippen LogP contribution < -0.4 is 5.30 Å². The molecule has 0 heterocycles. The first kappa shape index (κ1) is 46.8. The van der Waals surface area contributed by atoms with Gasteiger partial charge in [-0.25, -0.2) is 0 Å². The van der Waals surface area contributed by atoms with Gasteiger partial charge < -0.3 is 36.1 Å². The Hall–Kier alpha value is -3.56. The van der Waals surface area contributed by atoms with Crippen LogP contribution in [0, 0.1) is 30.8 Å². The van der Waals surface area contributed by atoms with Crippen molar-refractivity contribution < 1.29 is 35.2 Å². The monoisotopic (exact) mass is 902 g/mol. The van der Waals surface area contributed by atoms with E-state index in [0.717, 1.165) is 6.42 Å². The first-order valence-corrected chi connectivity index (χ1v) is 21.9. The van der Waals surface area contributed by atoms with E-state index in [9.17, 15) is 0 Å². The van der Waals surface area contributed by atoms with Crippen molar-refractivity contribution >= 4 is 22.8 Å². The average Bonchev–Trinajstić information content (AvgIpc) is 3.86. The van der Waals surface area contributed by atoms with E-state index < -0.39 is 0 Å². The summed E-state index contributed by atoms with van der Waals surface area (Å²) in [6, 6.07) is 66.2. The van der Waals surface area contributed by atoms with Crippen molar-refractivity contribution in [1.29, 1.82) is 0 Å². The molecule has 0 aliphatic rings. The van der Waals surface area contributed by atoms with Crippen LogP contribution in [0.25, 0.3) is 55.6 Å². The zero-order valence-corrected chi connectivity index (χ0v) is 37.6. The number of rotatable bonds is 7. The summed E-state index contributed by atoms with van der Waals surface area (Å²) in [5, 5.41) is 1.76. The molecule has 0 radical (unpaired) electrons. The molecule has 0 saturated carbocycles. The minimum Gasteiger partial charge on any atom is -0.0999 e. The maximum Gasteiger partial charge on any atom is 0 e. The van der Waals surface area contributed by atoms with E-state index in [1.165, 1.54) is 60.9 Å². The van der Waals surface area contributed by atoms with Gasteiger partial charge in [0, 0.05) is 17.1 Å². The molecule has 0 aliphatic carbocycles. The van der Waals surface area contributed by atoms with E-state index >= 15 is 0 Å². The minimum absolute atomic E-state index is 0. The van der Waals surface area contributed by atoms with Crippen molar-refractivity contribution in [3.63, 3.8) is 0 Å². The predicted octanol–water partition coefficient (Wildman–Crippen LogP) is 15.1. The SMILES string of the molecule is CC(C)(C)P([c-]1[c-][c-][c-][c-]1)C(C)(C)C.[CH-]=CCC.[Cl][Pd+].[Fe].c1ccc(-c2c(-c3ccccc3)c(-c3ccccc3)[c-](-c3ccccc3)c2-c2ccccc2)cc1. The summed E-state index contributed by atoms with van der Waals surface area (Å²) in [7, 11) is 4.21. The Morgan fingerprint density at radius 2 is 0.839 bits per heavy atom. The molecule has 0 aromatic heterocycles. The normalized spacial score (nSPS) is 10.8. The Labute approximate surface area is 364 Å². The molecule has 7 aromatic carbocycles. The molecule has 7 rings (SSSR count). The number of hydrogen-bond acceptors (Lipinski definition) is 0. The molecule has 7 aromatic rings. The van der Waals surface area contributed by atoms with Crippen LogP contribution in [0.5, 0.6) is 0 Å². The summed E-state index contributed by atoms with van der Waals surface area (Å²) in [6.45, 7) is 20.6. The Morgan fingerprint density at radius 1 is 0.554 bits per heavy atom. The quantitative estimate of drug-likeness (QED) is 0.0849. The van der Waals surface area contributed by atoms with Crippen LogP contribution in [0.3, 0.4) is 0 Å². The third-order valence-corrected chi connectivity index (χ3v) is 12.1. The summed E-state index contributed by atoms with van der Waals surface area (Å²) < 4.78 is 0. The number of hydrogen-bond donors (Lipinski definition) is 0. The van der Waals surface area contributed by atoms with Crippen LogP contribution in [-0.2, 0) is 35.2 Å². The van der Waals surface area contributed by atoms with Crippen molar-refractivity contribution in [3.05, 3.63) is 189 Å². The van der Waals surface area contributed by atoms with Crippen LogP contribution in [0.4, 0.5) is 0 Å². The molecule has 0 nitrogen and oxygen atoms in total. The van der Waals surface area contributed by atoms with Crippen molar-refractivity contribution in [1.82, 2.24) is 0 Å². The molecular weight excluding hydrogens is 853 g/mol. The molecule has 294 valence electrons. The van der Waals surface area contributed by atoms with E-state index in [4.69, 9.17) is 6.58 Å². The first-order chi connectivity index (χ1) is 26.6. The van der Waals surface area contributed by atoms with E-state index in [1.807, 2.05) is 6.92 Å². The summed E-state index contributed by atoms with van der Waals surface area (Å²) in [4.78, 5) is 0. The Morgan fingerprint density at radius 3 is 1.12 bits per heavy atom. The first-order valence-electron chi connectivity index (χ1n) is 18.5. The van der Waals surface area contributed by atoms with Crippen LogP contribution >= 0.6 is 17.5 Å². The fraction of sp³-hybridized carbons (Fsp3) is 0.192. The fourth-order valence-corrected chi connectivity index (χ4v) is 10.8. The van der Waals surface area contributed by atoms with Gasteiger partial charge in [-0.1, -0.05) is 251 Å². The maximum absolute atomic E-state index is 4.90. The van der Waals surface area contributed by atoms with Gasteiger partial charge >= 0.3 is 27.7 Å². The van der Waals surface area contributed by atoms with Gasteiger partial charge in [-0.3, -0.25) is 14.0 Å². The molecule has 0 aliphatic heterocycles. The molecule has 0 fully saturated rings. The summed E-state index contributed by atoms with van der Waals surface area (Å²) in [5.74, 6) is 0. The summed E-state index contributed by atoms with van der Waals surface area (Å²) in [5.41, 5.74) is 12.5. The van der Waals surface area contributed by atoms with Crippen molar-refractivity contribution in [2.24, 2.45) is 0 Å². The molecule has 0 bridgehead atoms. The van der Waals surface area contributed by atoms with E-state index in [2.05, 4.69) is 245 Å². The van der Waals surface area contributed by atoms with Crippen LogP contribution in [-0.4, -0.2) is 10.3 Å². The van der Waals surface area contributed by atoms with Crippen molar-refractivity contribution in [2.45, 2.75) is 65.2 Å². The molecule has 0 amide bonds. The second-order valence-electron chi connectivity index (χ2n) is 14.9. The largest absolute Gasteiger partial charge is 0.0999 e. The third kappa shape index (κ3) is 12.2. The zero-order valence-electron chi connectivity index (χ0n) is 33.3. The van der Waals surface area contributed by atoms with E-state index in [-0.39, 0.29) is 35.3 Å². The minimum atomic E-state index is -0.274. The molecule has 0 N–H and O–H groups in total. The van der Waals surface area contributed by atoms with Gasteiger partial charge in [0.15, 0.2) is 0 Å². The summed E-state index contributed by atoms with van der Waals surface area (Å²) >= 11 is 2.22. The summed E-state index contributed by atoms with van der Waals surface area (Å²) in [6.07, 6.45) is 2.60. The molecule has 0 unspecified atom stereocenters. The smallest absolute Gasteiger partial charge is 0 e. The fourth-order valence-electron chi connectivity index (χ4n) is 7.09. The second kappa shape index (κ2) is 23.0. The molecule has 56 heavy (non-hydrogen) atoms. The third-order valence-electron chi connectivity index (χ3n) is 8.79. The number of allylic oxidation sites excluding steroid dienone is 1. The van der Waals surface area contributed by atoms with E-state index in [0.29, 0.717) is 0 Å². The molecule has 4 heteroatoms. The van der Waals surface area contributed by atoms with Gasteiger partial charge in [0.25, 0.3) is 0 Å². The topological polar surface area (TPSA) is 0 Å². The Balaban J connectivity index is 0.000000336. The molecule has 0 saturated heterocycles. The molecule has 0 spiro atoms.